The van der Waals surface area contributed by atoms with E-state index in [9.17, 15) is 9.18 Å². The predicted molar refractivity (Wildman–Crippen MR) is 99.1 cm³/mol. The quantitative estimate of drug-likeness (QED) is 0.476. The molecule has 0 spiro atoms. The van der Waals surface area contributed by atoms with Gasteiger partial charge < -0.3 is 18.3 Å². The molecule has 0 saturated carbocycles. The first-order valence-electron chi connectivity index (χ1n) is 8.50. The molecule has 0 unspecified atom stereocenters. The topological polar surface area (TPSA) is 61.8 Å². The first-order chi connectivity index (χ1) is 13.0. The van der Waals surface area contributed by atoms with E-state index in [2.05, 4.69) is 0 Å². The number of halogens is 1. The molecule has 2 aromatic carbocycles. The normalized spacial score (nSPS) is 11.2. The molecular weight excluding hydrogens is 351 g/mol. The smallest absolute Gasteiger partial charge is 0.206 e. The molecule has 0 aliphatic heterocycles. The number of aryl methyl sites for hydroxylation is 2. The van der Waals surface area contributed by atoms with Gasteiger partial charge in [0.15, 0.2) is 16.6 Å². The van der Waals surface area contributed by atoms with E-state index in [0.29, 0.717) is 33.8 Å². The zero-order valence-corrected chi connectivity index (χ0v) is 14.9. The van der Waals surface area contributed by atoms with Crippen LogP contribution in [-0.2, 0) is 0 Å². The number of ether oxygens (including phenoxy) is 2. The van der Waals surface area contributed by atoms with Crippen molar-refractivity contribution in [3.05, 3.63) is 70.0 Å². The molecule has 0 amide bonds. The van der Waals surface area contributed by atoms with Gasteiger partial charge in [0.05, 0.1) is 11.6 Å². The number of hydrogen-bond donors (Lipinski definition) is 0. The Bertz CT molecular complexity index is 1170. The monoisotopic (exact) mass is 368 g/mol. The van der Waals surface area contributed by atoms with E-state index in [1.807, 2.05) is 6.92 Å². The summed E-state index contributed by atoms with van der Waals surface area (Å²) in [5, 5.41) is 1.28. The number of benzene rings is 2. The molecule has 0 aliphatic rings. The highest BCUT2D eigenvalue weighted by Crippen LogP contribution is 2.37. The van der Waals surface area contributed by atoms with Crippen molar-refractivity contribution >= 4 is 21.9 Å². The summed E-state index contributed by atoms with van der Waals surface area (Å²) in [5.74, 6) is 1.08. The Labute approximate surface area is 153 Å². The van der Waals surface area contributed by atoms with E-state index in [-0.39, 0.29) is 24.5 Å². The molecule has 4 aromatic rings. The lowest BCUT2D eigenvalue weighted by molar-refractivity contribution is 0.217. The SMILES string of the molecule is Cc1cc(=O)c2c(C)c3ccoc3c(OCCOc3ccc(F)cc3)c2o1. The van der Waals surface area contributed by atoms with Crippen LogP contribution >= 0.6 is 0 Å². The Morgan fingerprint density at radius 3 is 2.52 bits per heavy atom. The Kier molecular flexibility index (Phi) is 4.32. The second kappa shape index (κ2) is 6.79. The maximum atomic E-state index is 12.9. The van der Waals surface area contributed by atoms with Gasteiger partial charge in [-0.05, 0) is 49.7 Å². The van der Waals surface area contributed by atoms with Gasteiger partial charge in [0.25, 0.3) is 0 Å². The molecule has 6 heteroatoms. The highest BCUT2D eigenvalue weighted by atomic mass is 19.1. The second-order valence-electron chi connectivity index (χ2n) is 6.19. The van der Waals surface area contributed by atoms with Crippen LogP contribution in [0.1, 0.15) is 11.3 Å². The third-order valence-corrected chi connectivity index (χ3v) is 4.34. The number of furan rings is 1. The molecule has 4 rings (SSSR count). The fraction of sp³-hybridized carbons (Fsp3) is 0.190. The maximum Gasteiger partial charge on any atom is 0.206 e. The summed E-state index contributed by atoms with van der Waals surface area (Å²) in [6.45, 7) is 4.00. The molecule has 5 nitrogen and oxygen atoms in total. The largest absolute Gasteiger partial charge is 0.490 e. The summed E-state index contributed by atoms with van der Waals surface area (Å²) in [6, 6.07) is 9.00. The van der Waals surface area contributed by atoms with Crippen LogP contribution in [0.3, 0.4) is 0 Å². The van der Waals surface area contributed by atoms with E-state index >= 15 is 0 Å². The molecule has 27 heavy (non-hydrogen) atoms. The van der Waals surface area contributed by atoms with E-state index < -0.39 is 0 Å². The van der Waals surface area contributed by atoms with Gasteiger partial charge in [-0.3, -0.25) is 4.79 Å². The van der Waals surface area contributed by atoms with Gasteiger partial charge >= 0.3 is 0 Å². The van der Waals surface area contributed by atoms with Gasteiger partial charge in [0.2, 0.25) is 5.75 Å². The minimum atomic E-state index is -0.324. The molecule has 0 saturated heterocycles. The van der Waals surface area contributed by atoms with Crippen molar-refractivity contribution in [2.75, 3.05) is 13.2 Å². The van der Waals surface area contributed by atoms with Crippen LogP contribution in [0.5, 0.6) is 11.5 Å². The number of fused-ring (bicyclic) bond motifs is 2. The van der Waals surface area contributed by atoms with Gasteiger partial charge in [-0.2, -0.15) is 0 Å². The van der Waals surface area contributed by atoms with Crippen LogP contribution in [0.2, 0.25) is 0 Å². The van der Waals surface area contributed by atoms with Crippen molar-refractivity contribution in [3.8, 4) is 11.5 Å². The summed E-state index contributed by atoms with van der Waals surface area (Å²) in [4.78, 5) is 12.5. The third kappa shape index (κ3) is 3.14. The van der Waals surface area contributed by atoms with E-state index in [0.717, 1.165) is 10.9 Å². The molecule has 0 aliphatic carbocycles. The summed E-state index contributed by atoms with van der Waals surface area (Å²) in [5.41, 5.74) is 1.55. The van der Waals surface area contributed by atoms with Crippen molar-refractivity contribution in [2.24, 2.45) is 0 Å². The molecule has 138 valence electrons. The molecule has 2 aromatic heterocycles. The lowest BCUT2D eigenvalue weighted by Gasteiger charge is -2.12. The Morgan fingerprint density at radius 2 is 1.74 bits per heavy atom. The highest BCUT2D eigenvalue weighted by molar-refractivity contribution is 6.03. The average Bonchev–Trinajstić information content (AvgIpc) is 3.12. The molecule has 2 heterocycles. The zero-order chi connectivity index (χ0) is 19.0. The lowest BCUT2D eigenvalue weighted by Crippen LogP contribution is -2.11. The van der Waals surface area contributed by atoms with Crippen LogP contribution < -0.4 is 14.9 Å². The van der Waals surface area contributed by atoms with Crippen LogP contribution in [-0.4, -0.2) is 13.2 Å². The molecule has 0 N–H and O–H groups in total. The maximum absolute atomic E-state index is 12.9. The molecule has 0 radical (unpaired) electrons. The van der Waals surface area contributed by atoms with Gasteiger partial charge in [-0.15, -0.1) is 0 Å². The highest BCUT2D eigenvalue weighted by Gasteiger charge is 2.20. The van der Waals surface area contributed by atoms with Crippen molar-refractivity contribution in [1.82, 2.24) is 0 Å². The van der Waals surface area contributed by atoms with Gasteiger partial charge in [0.1, 0.15) is 30.5 Å². The van der Waals surface area contributed by atoms with Crippen molar-refractivity contribution in [3.63, 3.8) is 0 Å². The van der Waals surface area contributed by atoms with E-state index in [1.165, 1.54) is 18.2 Å². The molecule has 0 fully saturated rings. The Balaban J connectivity index is 1.65. The summed E-state index contributed by atoms with van der Waals surface area (Å²) in [7, 11) is 0. The lowest BCUT2D eigenvalue weighted by atomic mass is 10.0. The van der Waals surface area contributed by atoms with Crippen LogP contribution in [0.4, 0.5) is 4.39 Å². The van der Waals surface area contributed by atoms with Crippen LogP contribution in [0.15, 0.2) is 56.3 Å². The van der Waals surface area contributed by atoms with Crippen LogP contribution in [0, 0.1) is 19.7 Å². The van der Waals surface area contributed by atoms with Gasteiger partial charge in [-0.25, -0.2) is 4.39 Å². The second-order valence-corrected chi connectivity index (χ2v) is 6.19. The molecule has 0 atom stereocenters. The fourth-order valence-corrected chi connectivity index (χ4v) is 3.11. The molecular formula is C21H17FO5. The van der Waals surface area contributed by atoms with Gasteiger partial charge in [-0.1, -0.05) is 0 Å². The summed E-state index contributed by atoms with van der Waals surface area (Å²) < 4.78 is 35.7. The van der Waals surface area contributed by atoms with E-state index in [1.54, 1.807) is 31.4 Å². The third-order valence-electron chi connectivity index (χ3n) is 4.34. The predicted octanol–water partition coefficient (Wildman–Crippen LogP) is 4.75. The molecule has 0 bridgehead atoms. The summed E-state index contributed by atoms with van der Waals surface area (Å²) in [6.07, 6.45) is 1.55. The fourth-order valence-electron chi connectivity index (χ4n) is 3.11. The Morgan fingerprint density at radius 1 is 1.00 bits per heavy atom. The summed E-state index contributed by atoms with van der Waals surface area (Å²) >= 11 is 0. The van der Waals surface area contributed by atoms with Crippen molar-refractivity contribution < 1.29 is 22.7 Å². The minimum Gasteiger partial charge on any atom is -0.490 e. The first-order valence-corrected chi connectivity index (χ1v) is 8.50. The standard InChI is InChI=1S/C21H17FO5/c1-12-11-17(23)18-13(2)16-7-8-25-19(16)21(20(18)27-12)26-10-9-24-15-5-3-14(22)4-6-15/h3-8,11H,9-10H2,1-2H3. The first kappa shape index (κ1) is 17.1. The van der Waals surface area contributed by atoms with E-state index in [4.69, 9.17) is 18.3 Å². The van der Waals surface area contributed by atoms with Crippen molar-refractivity contribution in [1.29, 1.82) is 0 Å². The number of rotatable bonds is 5. The van der Waals surface area contributed by atoms with Gasteiger partial charge in [0, 0.05) is 11.5 Å². The van der Waals surface area contributed by atoms with Crippen LogP contribution in [0.25, 0.3) is 21.9 Å². The number of hydrogen-bond acceptors (Lipinski definition) is 5. The Hall–Kier alpha value is -3.28. The average molecular weight is 368 g/mol. The van der Waals surface area contributed by atoms with Crippen molar-refractivity contribution in [2.45, 2.75) is 13.8 Å². The zero-order valence-electron chi connectivity index (χ0n) is 14.9. The minimum absolute atomic E-state index is 0.123.